The highest BCUT2D eigenvalue weighted by Gasteiger charge is 2.38. The summed E-state index contributed by atoms with van der Waals surface area (Å²) in [6, 6.07) is -0.444. The van der Waals surface area contributed by atoms with Gasteiger partial charge in [0.05, 0.1) is 0 Å². The quantitative estimate of drug-likeness (QED) is 0.669. The van der Waals surface area contributed by atoms with Crippen molar-refractivity contribution in [3.63, 3.8) is 0 Å². The molecule has 3 nitrogen and oxygen atoms in total. The van der Waals surface area contributed by atoms with Crippen LogP contribution in [0.1, 0.15) is 33.6 Å². The van der Waals surface area contributed by atoms with Gasteiger partial charge in [0.25, 0.3) is 0 Å². The van der Waals surface area contributed by atoms with E-state index in [1.165, 1.54) is 12.8 Å². The smallest absolute Gasteiger partial charge is 0.320 e. The first-order valence-electron chi connectivity index (χ1n) is 4.44. The van der Waals surface area contributed by atoms with E-state index in [0.717, 1.165) is 0 Å². The average Bonchev–Trinajstić information content (AvgIpc) is 2.65. The third-order valence-corrected chi connectivity index (χ3v) is 2.56. The van der Waals surface area contributed by atoms with Crippen LogP contribution in [0.3, 0.4) is 0 Å². The summed E-state index contributed by atoms with van der Waals surface area (Å²) in [5.41, 5.74) is -0.0161. The highest BCUT2D eigenvalue weighted by Crippen LogP contribution is 2.39. The monoisotopic (exact) mass is 171 g/mol. The lowest BCUT2D eigenvalue weighted by molar-refractivity contribution is -0.139. The molecule has 0 amide bonds. The Balaban J connectivity index is 2.42. The van der Waals surface area contributed by atoms with Crippen LogP contribution in [0.2, 0.25) is 0 Å². The Hall–Kier alpha value is -0.570. The van der Waals surface area contributed by atoms with Crippen LogP contribution in [0, 0.1) is 5.92 Å². The predicted molar refractivity (Wildman–Crippen MR) is 47.0 cm³/mol. The highest BCUT2D eigenvalue weighted by molar-refractivity contribution is 5.72. The van der Waals surface area contributed by atoms with E-state index in [-0.39, 0.29) is 5.54 Å². The molecular weight excluding hydrogens is 154 g/mol. The van der Waals surface area contributed by atoms with Crippen molar-refractivity contribution >= 4 is 5.97 Å². The third kappa shape index (κ3) is 2.21. The van der Waals surface area contributed by atoms with Crippen molar-refractivity contribution < 1.29 is 9.90 Å². The number of hydrogen-bond donors (Lipinski definition) is 2. The zero-order valence-corrected chi connectivity index (χ0v) is 7.92. The van der Waals surface area contributed by atoms with Crippen molar-refractivity contribution in [1.29, 1.82) is 0 Å². The first kappa shape index (κ1) is 9.52. The summed E-state index contributed by atoms with van der Waals surface area (Å²) in [4.78, 5) is 10.6. The molecule has 0 saturated heterocycles. The fourth-order valence-electron chi connectivity index (χ4n) is 1.54. The maximum Gasteiger partial charge on any atom is 0.320 e. The van der Waals surface area contributed by atoms with Crippen molar-refractivity contribution in [2.45, 2.75) is 45.2 Å². The molecule has 1 saturated carbocycles. The molecule has 0 radical (unpaired) electrons. The van der Waals surface area contributed by atoms with E-state index in [4.69, 9.17) is 5.11 Å². The maximum absolute atomic E-state index is 10.6. The third-order valence-electron chi connectivity index (χ3n) is 2.56. The zero-order chi connectivity index (χ0) is 9.35. The SMILES string of the molecule is CC(NC(C)(C)C1CC1)C(=O)O. The van der Waals surface area contributed by atoms with E-state index in [2.05, 4.69) is 19.2 Å². The summed E-state index contributed by atoms with van der Waals surface area (Å²) in [5.74, 6) is -0.108. The van der Waals surface area contributed by atoms with E-state index in [9.17, 15) is 4.79 Å². The molecule has 1 aliphatic carbocycles. The zero-order valence-electron chi connectivity index (χ0n) is 7.92. The summed E-state index contributed by atoms with van der Waals surface area (Å²) in [7, 11) is 0. The molecule has 0 aromatic rings. The number of hydrogen-bond acceptors (Lipinski definition) is 2. The Morgan fingerprint density at radius 3 is 2.42 bits per heavy atom. The Bertz CT molecular complexity index is 185. The lowest BCUT2D eigenvalue weighted by Crippen LogP contribution is -2.49. The van der Waals surface area contributed by atoms with E-state index >= 15 is 0 Å². The van der Waals surface area contributed by atoms with Gasteiger partial charge in [-0.05, 0) is 39.5 Å². The molecule has 1 atom stereocenters. The number of aliphatic carboxylic acids is 1. The van der Waals surface area contributed by atoms with Gasteiger partial charge in [-0.2, -0.15) is 0 Å². The molecule has 0 aromatic heterocycles. The second-order valence-corrected chi connectivity index (χ2v) is 4.20. The van der Waals surface area contributed by atoms with Crippen molar-refractivity contribution in [2.24, 2.45) is 5.92 Å². The Morgan fingerprint density at radius 2 is 2.08 bits per heavy atom. The second-order valence-electron chi connectivity index (χ2n) is 4.20. The summed E-state index contributed by atoms with van der Waals surface area (Å²) in [6.45, 7) is 5.83. The van der Waals surface area contributed by atoms with Gasteiger partial charge < -0.3 is 5.11 Å². The number of carboxylic acids is 1. The molecule has 0 bridgehead atoms. The van der Waals surface area contributed by atoms with E-state index in [1.54, 1.807) is 6.92 Å². The van der Waals surface area contributed by atoms with Gasteiger partial charge in [-0.15, -0.1) is 0 Å². The van der Waals surface area contributed by atoms with Crippen molar-refractivity contribution in [1.82, 2.24) is 5.32 Å². The minimum absolute atomic E-state index is 0.0161. The molecular formula is C9H17NO2. The maximum atomic E-state index is 10.6. The van der Waals surface area contributed by atoms with Gasteiger partial charge in [-0.25, -0.2) is 0 Å². The van der Waals surface area contributed by atoms with Crippen LogP contribution in [-0.2, 0) is 4.79 Å². The first-order valence-corrected chi connectivity index (χ1v) is 4.44. The summed E-state index contributed by atoms with van der Waals surface area (Å²) >= 11 is 0. The lowest BCUT2D eigenvalue weighted by Gasteiger charge is -2.28. The summed E-state index contributed by atoms with van der Waals surface area (Å²) in [5, 5.41) is 11.8. The van der Waals surface area contributed by atoms with Gasteiger partial charge in [0.15, 0.2) is 0 Å². The van der Waals surface area contributed by atoms with Gasteiger partial charge in [-0.3, -0.25) is 10.1 Å². The fourth-order valence-corrected chi connectivity index (χ4v) is 1.54. The summed E-state index contributed by atoms with van der Waals surface area (Å²) in [6.07, 6.45) is 2.46. The van der Waals surface area contributed by atoms with Gasteiger partial charge in [0, 0.05) is 5.54 Å². The molecule has 0 heterocycles. The van der Waals surface area contributed by atoms with Crippen LogP contribution in [0.15, 0.2) is 0 Å². The van der Waals surface area contributed by atoms with Gasteiger partial charge in [0.2, 0.25) is 0 Å². The van der Waals surface area contributed by atoms with Gasteiger partial charge in [-0.1, -0.05) is 0 Å². The number of carboxylic acid groups (broad SMARTS) is 1. The van der Waals surface area contributed by atoms with Crippen LogP contribution >= 0.6 is 0 Å². The molecule has 3 heteroatoms. The Morgan fingerprint density at radius 1 is 1.58 bits per heavy atom. The normalized spacial score (nSPS) is 20.6. The van der Waals surface area contributed by atoms with Gasteiger partial charge in [0.1, 0.15) is 6.04 Å². The van der Waals surface area contributed by atoms with Crippen LogP contribution in [0.5, 0.6) is 0 Å². The molecule has 70 valence electrons. The van der Waals surface area contributed by atoms with Crippen LogP contribution < -0.4 is 5.32 Å². The minimum Gasteiger partial charge on any atom is -0.480 e. The van der Waals surface area contributed by atoms with Gasteiger partial charge >= 0.3 is 5.97 Å². The molecule has 1 aliphatic rings. The second kappa shape index (κ2) is 3.05. The molecule has 1 rings (SSSR count). The molecule has 12 heavy (non-hydrogen) atoms. The standard InChI is InChI=1S/C9H17NO2/c1-6(8(11)12)10-9(2,3)7-4-5-7/h6-7,10H,4-5H2,1-3H3,(H,11,12). The summed E-state index contributed by atoms with van der Waals surface area (Å²) < 4.78 is 0. The molecule has 0 aromatic carbocycles. The Labute approximate surface area is 73.2 Å². The topological polar surface area (TPSA) is 49.3 Å². The molecule has 0 aliphatic heterocycles. The van der Waals surface area contributed by atoms with Crippen molar-refractivity contribution in [3.8, 4) is 0 Å². The first-order chi connectivity index (χ1) is 5.43. The Kier molecular flexibility index (Phi) is 2.42. The molecule has 2 N–H and O–H groups in total. The van der Waals surface area contributed by atoms with Crippen molar-refractivity contribution in [2.75, 3.05) is 0 Å². The van der Waals surface area contributed by atoms with Crippen molar-refractivity contribution in [3.05, 3.63) is 0 Å². The van der Waals surface area contributed by atoms with E-state index in [0.29, 0.717) is 5.92 Å². The van der Waals surface area contributed by atoms with Crippen LogP contribution in [0.4, 0.5) is 0 Å². The lowest BCUT2D eigenvalue weighted by atomic mass is 9.97. The largest absolute Gasteiger partial charge is 0.480 e. The predicted octanol–water partition coefficient (Wildman–Crippen LogP) is 1.24. The number of carbonyl (C=O) groups is 1. The van der Waals surface area contributed by atoms with E-state index in [1.807, 2.05) is 0 Å². The number of nitrogens with one attached hydrogen (secondary N) is 1. The molecule has 1 unspecified atom stereocenters. The molecule has 1 fully saturated rings. The minimum atomic E-state index is -0.774. The average molecular weight is 171 g/mol. The van der Waals surface area contributed by atoms with Crippen LogP contribution in [-0.4, -0.2) is 22.7 Å². The van der Waals surface area contributed by atoms with E-state index < -0.39 is 12.0 Å². The van der Waals surface area contributed by atoms with Crippen LogP contribution in [0.25, 0.3) is 0 Å². The fraction of sp³-hybridized carbons (Fsp3) is 0.889. The highest BCUT2D eigenvalue weighted by atomic mass is 16.4. The molecule has 0 spiro atoms. The number of rotatable bonds is 4.